The Morgan fingerprint density at radius 1 is 1.03 bits per heavy atom. The molecule has 1 aliphatic heterocycles. The van der Waals surface area contributed by atoms with Gasteiger partial charge in [-0.15, -0.1) is 0 Å². The van der Waals surface area contributed by atoms with Gasteiger partial charge in [-0.1, -0.05) is 47.2 Å². The van der Waals surface area contributed by atoms with Crippen LogP contribution >= 0.6 is 22.9 Å². The van der Waals surface area contributed by atoms with Crippen LogP contribution in [0.1, 0.15) is 42.0 Å². The van der Waals surface area contributed by atoms with Crippen molar-refractivity contribution in [2.75, 3.05) is 5.32 Å². The summed E-state index contributed by atoms with van der Waals surface area (Å²) in [5, 5.41) is 9.99. The summed E-state index contributed by atoms with van der Waals surface area (Å²) in [5.74, 6) is 2.22. The lowest BCUT2D eigenvalue weighted by molar-refractivity contribution is -0.116. The fourth-order valence-corrected chi connectivity index (χ4v) is 6.49. The van der Waals surface area contributed by atoms with Gasteiger partial charge < -0.3 is 10.1 Å². The van der Waals surface area contributed by atoms with Crippen LogP contribution in [0.25, 0.3) is 15.3 Å². The normalized spacial score (nSPS) is 16.8. The Balaban J connectivity index is 1.36. The molecule has 8 heteroatoms. The zero-order valence-corrected chi connectivity index (χ0v) is 22.1. The smallest absolute Gasteiger partial charge is 0.213 e. The molecule has 2 aliphatic rings. The number of aryl methyl sites for hydroxylation is 1. The number of halogens is 1. The van der Waals surface area contributed by atoms with Crippen LogP contribution < -0.4 is 10.1 Å². The lowest BCUT2D eigenvalue weighted by Crippen LogP contribution is -2.27. The molecule has 188 valence electrons. The van der Waals surface area contributed by atoms with Crippen molar-refractivity contribution in [2.45, 2.75) is 32.1 Å². The molecule has 3 heterocycles. The number of rotatable bonds is 4. The predicted molar refractivity (Wildman–Crippen MR) is 151 cm³/mol. The van der Waals surface area contributed by atoms with Gasteiger partial charge in [-0.3, -0.25) is 4.79 Å². The quantitative estimate of drug-likeness (QED) is 0.253. The van der Waals surface area contributed by atoms with Crippen LogP contribution in [-0.4, -0.2) is 20.5 Å². The minimum atomic E-state index is -0.244. The average Bonchev–Trinajstić information content (AvgIpc) is 3.50. The summed E-state index contributed by atoms with van der Waals surface area (Å²) >= 11 is 7.65. The van der Waals surface area contributed by atoms with Crippen molar-refractivity contribution in [1.29, 1.82) is 0 Å². The first-order valence-electron chi connectivity index (χ1n) is 12.6. The van der Waals surface area contributed by atoms with Crippen molar-refractivity contribution < 1.29 is 9.53 Å². The van der Waals surface area contributed by atoms with Crippen molar-refractivity contribution in [1.82, 2.24) is 14.8 Å². The number of ether oxygens (including phenoxy) is 1. The van der Waals surface area contributed by atoms with Crippen molar-refractivity contribution in [2.24, 2.45) is 0 Å². The SMILES string of the molecule is Cc1nn(-c2nc3ccccc3s2)c2c1[C@H](c1cccc(Oc3ccc(Cl)cc3)c1)C1=C(CCCC1=O)N2. The van der Waals surface area contributed by atoms with E-state index in [1.54, 1.807) is 23.5 Å². The van der Waals surface area contributed by atoms with E-state index < -0.39 is 0 Å². The minimum Gasteiger partial charge on any atom is -0.457 e. The maximum Gasteiger partial charge on any atom is 0.213 e. The van der Waals surface area contributed by atoms with E-state index in [4.69, 9.17) is 26.4 Å². The second-order valence-corrected chi connectivity index (χ2v) is 11.0. The lowest BCUT2D eigenvalue weighted by atomic mass is 9.76. The highest BCUT2D eigenvalue weighted by molar-refractivity contribution is 7.20. The number of nitrogens with one attached hydrogen (secondary N) is 1. The molecule has 0 saturated heterocycles. The Kier molecular flexibility index (Phi) is 5.56. The molecule has 0 amide bonds. The van der Waals surface area contributed by atoms with E-state index in [9.17, 15) is 4.79 Å². The highest BCUT2D eigenvalue weighted by atomic mass is 35.5. The number of aromatic nitrogens is 3. The third kappa shape index (κ3) is 3.90. The Morgan fingerprint density at radius 2 is 1.87 bits per heavy atom. The minimum absolute atomic E-state index is 0.186. The molecule has 0 spiro atoms. The number of carbonyl (C=O) groups excluding carboxylic acids is 1. The van der Waals surface area contributed by atoms with Gasteiger partial charge in [0.1, 0.15) is 17.3 Å². The average molecular weight is 539 g/mol. The fourth-order valence-electron chi connectivity index (χ4n) is 5.44. The summed E-state index contributed by atoms with van der Waals surface area (Å²) in [6.07, 6.45) is 2.21. The van der Waals surface area contributed by atoms with E-state index in [2.05, 4.69) is 17.4 Å². The molecule has 1 atom stereocenters. The Bertz CT molecular complexity index is 1720. The molecule has 0 unspecified atom stereocenters. The summed E-state index contributed by atoms with van der Waals surface area (Å²) in [7, 11) is 0. The van der Waals surface area contributed by atoms with Gasteiger partial charge in [0.2, 0.25) is 5.13 Å². The molecule has 0 saturated carbocycles. The molecule has 2 aromatic heterocycles. The summed E-state index contributed by atoms with van der Waals surface area (Å²) < 4.78 is 9.16. The van der Waals surface area contributed by atoms with Gasteiger partial charge in [0.05, 0.1) is 15.9 Å². The zero-order chi connectivity index (χ0) is 25.8. The standard InChI is InChI=1S/C30H23ClN4O2S/c1-17-26-27(18-6-4-7-21(16-18)37-20-14-12-19(31)13-15-20)28-23(9-5-10-24(28)36)32-29(26)35(34-17)30-33-22-8-2-3-11-25(22)38-30/h2-4,6-8,11-16,27,32H,5,9-10H2,1H3/t27-/m0/s1. The predicted octanol–water partition coefficient (Wildman–Crippen LogP) is 7.80. The number of hydrogen-bond acceptors (Lipinski definition) is 6. The molecule has 3 aromatic carbocycles. The van der Waals surface area contributed by atoms with E-state index in [-0.39, 0.29) is 11.7 Å². The summed E-state index contributed by atoms with van der Waals surface area (Å²) in [4.78, 5) is 18.2. The lowest BCUT2D eigenvalue weighted by Gasteiger charge is -2.32. The number of fused-ring (bicyclic) bond motifs is 2. The number of para-hydroxylation sites is 1. The number of thiazole rings is 1. The summed E-state index contributed by atoms with van der Waals surface area (Å²) in [6, 6.07) is 23.4. The molecule has 6 nitrogen and oxygen atoms in total. The molecule has 1 aliphatic carbocycles. The van der Waals surface area contributed by atoms with Crippen LogP contribution in [0.2, 0.25) is 5.02 Å². The highest BCUT2D eigenvalue weighted by Crippen LogP contribution is 2.48. The van der Waals surface area contributed by atoms with Gasteiger partial charge in [-0.2, -0.15) is 9.78 Å². The summed E-state index contributed by atoms with van der Waals surface area (Å²) in [5.41, 5.74) is 5.62. The van der Waals surface area contributed by atoms with Gasteiger partial charge in [0, 0.05) is 34.2 Å². The number of ketones is 1. The fraction of sp³-hybridized carbons (Fsp3) is 0.167. The third-order valence-electron chi connectivity index (χ3n) is 7.11. The van der Waals surface area contributed by atoms with Gasteiger partial charge in [0.15, 0.2) is 5.78 Å². The van der Waals surface area contributed by atoms with Crippen molar-refractivity contribution in [3.05, 3.63) is 106 Å². The van der Waals surface area contributed by atoms with E-state index >= 15 is 0 Å². The van der Waals surface area contributed by atoms with Crippen LogP contribution in [0.5, 0.6) is 11.5 Å². The maximum absolute atomic E-state index is 13.4. The second-order valence-electron chi connectivity index (χ2n) is 9.58. The van der Waals surface area contributed by atoms with Gasteiger partial charge in [-0.05, 0) is 73.9 Å². The first kappa shape index (κ1) is 23.2. The number of anilines is 1. The molecule has 0 fully saturated rings. The number of allylic oxidation sites excluding steroid dienone is 2. The number of hydrogen-bond donors (Lipinski definition) is 1. The first-order valence-corrected chi connectivity index (χ1v) is 13.8. The van der Waals surface area contributed by atoms with E-state index in [1.807, 2.05) is 60.1 Å². The molecular formula is C30H23ClN4O2S. The van der Waals surface area contributed by atoms with Gasteiger partial charge in [-0.25, -0.2) is 4.98 Å². The largest absolute Gasteiger partial charge is 0.457 e. The van der Waals surface area contributed by atoms with Gasteiger partial charge in [0.25, 0.3) is 0 Å². The van der Waals surface area contributed by atoms with Crippen molar-refractivity contribution >= 4 is 44.8 Å². The van der Waals surface area contributed by atoms with Crippen LogP contribution in [0.15, 0.2) is 84.1 Å². The molecule has 1 N–H and O–H groups in total. The third-order valence-corrected chi connectivity index (χ3v) is 8.38. The Labute approximate surface area is 228 Å². The first-order chi connectivity index (χ1) is 18.5. The number of carbonyl (C=O) groups is 1. The molecular weight excluding hydrogens is 516 g/mol. The molecule has 7 rings (SSSR count). The number of nitrogens with zero attached hydrogens (tertiary/aromatic N) is 3. The van der Waals surface area contributed by atoms with Crippen molar-refractivity contribution in [3.63, 3.8) is 0 Å². The molecule has 0 radical (unpaired) electrons. The zero-order valence-electron chi connectivity index (χ0n) is 20.6. The van der Waals surface area contributed by atoms with Crippen LogP contribution in [0, 0.1) is 6.92 Å². The van der Waals surface area contributed by atoms with Gasteiger partial charge >= 0.3 is 0 Å². The van der Waals surface area contributed by atoms with Crippen LogP contribution in [0.3, 0.4) is 0 Å². The Hall–Kier alpha value is -3.94. The van der Waals surface area contributed by atoms with E-state index in [0.29, 0.717) is 22.9 Å². The summed E-state index contributed by atoms with van der Waals surface area (Å²) in [6.45, 7) is 2.00. The molecule has 5 aromatic rings. The van der Waals surface area contributed by atoms with E-state index in [0.717, 1.165) is 62.1 Å². The highest BCUT2D eigenvalue weighted by Gasteiger charge is 2.39. The van der Waals surface area contributed by atoms with Crippen LogP contribution in [-0.2, 0) is 4.79 Å². The molecule has 0 bridgehead atoms. The maximum atomic E-state index is 13.4. The number of benzene rings is 3. The van der Waals surface area contributed by atoms with E-state index in [1.165, 1.54) is 0 Å². The van der Waals surface area contributed by atoms with Crippen LogP contribution in [0.4, 0.5) is 5.82 Å². The topological polar surface area (TPSA) is 69.0 Å². The number of Topliss-reactive ketones (excluding diaryl/α,β-unsaturated/α-hetero) is 1. The Morgan fingerprint density at radius 3 is 2.71 bits per heavy atom. The van der Waals surface area contributed by atoms with Crippen molar-refractivity contribution in [3.8, 4) is 16.6 Å². The second kappa shape index (κ2) is 9.11. The molecule has 38 heavy (non-hydrogen) atoms. The monoisotopic (exact) mass is 538 g/mol.